The van der Waals surface area contributed by atoms with Crippen LogP contribution in [0.2, 0.25) is 5.02 Å². The summed E-state index contributed by atoms with van der Waals surface area (Å²) in [6.07, 6.45) is 1.99. The highest BCUT2D eigenvalue weighted by atomic mass is 35.5. The largest absolute Gasteiger partial charge is 0.495 e. The van der Waals surface area contributed by atoms with Gasteiger partial charge in [0, 0.05) is 67.7 Å². The van der Waals surface area contributed by atoms with Crippen LogP contribution in [0.5, 0.6) is 5.75 Å². The van der Waals surface area contributed by atoms with Gasteiger partial charge in [0.25, 0.3) is 5.69 Å². The maximum Gasteiger partial charge on any atom is 0.269 e. The van der Waals surface area contributed by atoms with E-state index in [1.54, 1.807) is 12.1 Å². The third kappa shape index (κ3) is 5.76. The number of hydrogen-bond donors (Lipinski definition) is 0. The standard InChI is InChI=1S/C31H27ClFN5O5S/c1-43-28-18-25(33)8-11-29(28)44(41,42)36-15-13-35(14-16-36)20-27-31(21-5-9-26(10-6-21)38(39)40)34-30-12-7-23(19-37(27)30)22-3-2-4-24(32)17-22/h2-12,17-19H,13-16,20H2,1H3. The Bertz CT molecular complexity index is 1980. The fourth-order valence-electron chi connectivity index (χ4n) is 5.39. The van der Waals surface area contributed by atoms with Gasteiger partial charge in [-0.25, -0.2) is 17.8 Å². The molecule has 0 unspecified atom stereocenters. The molecule has 10 nitrogen and oxygen atoms in total. The van der Waals surface area contributed by atoms with E-state index < -0.39 is 20.8 Å². The minimum atomic E-state index is -3.91. The molecule has 0 bridgehead atoms. The van der Waals surface area contributed by atoms with Gasteiger partial charge in [-0.05, 0) is 59.7 Å². The molecule has 0 aliphatic carbocycles. The van der Waals surface area contributed by atoms with Crippen LogP contribution in [0.1, 0.15) is 5.69 Å². The second kappa shape index (κ2) is 12.0. The summed E-state index contributed by atoms with van der Waals surface area (Å²) < 4.78 is 49.1. The number of benzene rings is 3. The van der Waals surface area contributed by atoms with Gasteiger partial charge in [-0.2, -0.15) is 4.31 Å². The van der Waals surface area contributed by atoms with Gasteiger partial charge in [0.2, 0.25) is 10.0 Å². The number of piperazine rings is 1. The number of non-ortho nitro benzene ring substituents is 1. The Morgan fingerprint density at radius 1 is 0.955 bits per heavy atom. The van der Waals surface area contributed by atoms with Crippen molar-refractivity contribution in [3.8, 4) is 28.1 Å². The Kier molecular flexibility index (Phi) is 8.08. The average Bonchev–Trinajstić information content (AvgIpc) is 3.38. The number of fused-ring (bicyclic) bond motifs is 1. The normalized spacial score (nSPS) is 14.6. The zero-order chi connectivity index (χ0) is 31.0. The Morgan fingerprint density at radius 3 is 2.36 bits per heavy atom. The first kappa shape index (κ1) is 29.7. The van der Waals surface area contributed by atoms with Crippen LogP contribution >= 0.6 is 11.6 Å². The van der Waals surface area contributed by atoms with Gasteiger partial charge in [0.05, 0.1) is 23.4 Å². The fraction of sp³-hybridized carbons (Fsp3) is 0.194. The molecule has 1 aliphatic heterocycles. The van der Waals surface area contributed by atoms with Gasteiger partial charge in [-0.1, -0.05) is 23.7 Å². The topological polar surface area (TPSA) is 110 Å². The number of nitro groups is 1. The maximum atomic E-state index is 13.7. The van der Waals surface area contributed by atoms with E-state index in [-0.39, 0.29) is 29.4 Å². The molecule has 0 amide bonds. The fourth-order valence-corrected chi connectivity index (χ4v) is 7.14. The molecule has 6 rings (SSSR count). The lowest BCUT2D eigenvalue weighted by atomic mass is 10.1. The zero-order valence-electron chi connectivity index (χ0n) is 23.6. The molecule has 1 aliphatic rings. The van der Waals surface area contributed by atoms with Gasteiger partial charge in [0.1, 0.15) is 22.1 Å². The van der Waals surface area contributed by atoms with Crippen LogP contribution in [-0.4, -0.2) is 65.2 Å². The molecule has 0 spiro atoms. The minimum absolute atomic E-state index is 0.0163. The van der Waals surface area contributed by atoms with E-state index in [0.717, 1.165) is 34.5 Å². The van der Waals surface area contributed by atoms with E-state index in [1.807, 2.05) is 47.0 Å². The number of nitro benzene ring substituents is 1. The molecule has 3 heterocycles. The molecule has 5 aromatic rings. The lowest BCUT2D eigenvalue weighted by Crippen LogP contribution is -2.48. The van der Waals surface area contributed by atoms with Crippen LogP contribution in [0.15, 0.2) is 90.0 Å². The van der Waals surface area contributed by atoms with Crippen LogP contribution < -0.4 is 4.74 Å². The third-order valence-corrected chi connectivity index (χ3v) is 9.85. The first-order chi connectivity index (χ1) is 21.1. The van der Waals surface area contributed by atoms with Crippen molar-refractivity contribution in [2.24, 2.45) is 0 Å². The van der Waals surface area contributed by atoms with Gasteiger partial charge >= 0.3 is 0 Å². The molecule has 0 radical (unpaired) electrons. The van der Waals surface area contributed by atoms with Gasteiger partial charge in [-0.3, -0.25) is 15.0 Å². The molecule has 44 heavy (non-hydrogen) atoms. The van der Waals surface area contributed by atoms with Crippen molar-refractivity contribution in [3.05, 3.63) is 112 Å². The minimum Gasteiger partial charge on any atom is -0.495 e. The quantitative estimate of drug-likeness (QED) is 0.155. The molecule has 1 saturated heterocycles. The van der Waals surface area contributed by atoms with E-state index in [1.165, 1.54) is 29.6 Å². The number of pyridine rings is 1. The van der Waals surface area contributed by atoms with Gasteiger partial charge in [-0.15, -0.1) is 0 Å². The molecular formula is C31H27ClFN5O5S. The van der Waals surface area contributed by atoms with Crippen LogP contribution in [-0.2, 0) is 16.6 Å². The van der Waals surface area contributed by atoms with Crippen LogP contribution in [0.4, 0.5) is 10.1 Å². The number of aromatic nitrogens is 2. The highest BCUT2D eigenvalue weighted by molar-refractivity contribution is 7.89. The van der Waals surface area contributed by atoms with Gasteiger partial charge in [0.15, 0.2) is 0 Å². The first-order valence-electron chi connectivity index (χ1n) is 13.7. The van der Waals surface area contributed by atoms with E-state index in [0.29, 0.717) is 36.0 Å². The molecule has 2 aromatic heterocycles. The van der Waals surface area contributed by atoms with Crippen molar-refractivity contribution in [2.75, 3.05) is 33.3 Å². The lowest BCUT2D eigenvalue weighted by Gasteiger charge is -2.34. The summed E-state index contributed by atoms with van der Waals surface area (Å²) in [6.45, 7) is 1.76. The van der Waals surface area contributed by atoms with E-state index in [4.69, 9.17) is 21.3 Å². The monoisotopic (exact) mass is 635 g/mol. The van der Waals surface area contributed by atoms with Crippen LogP contribution in [0.25, 0.3) is 28.0 Å². The van der Waals surface area contributed by atoms with Crippen LogP contribution in [0, 0.1) is 15.9 Å². The second-order valence-corrected chi connectivity index (χ2v) is 12.7. The Morgan fingerprint density at radius 2 is 1.68 bits per heavy atom. The first-order valence-corrected chi connectivity index (χ1v) is 15.5. The number of methoxy groups -OCH3 is 1. The van der Waals surface area contributed by atoms with E-state index in [9.17, 15) is 22.9 Å². The summed E-state index contributed by atoms with van der Waals surface area (Å²) >= 11 is 6.25. The highest BCUT2D eigenvalue weighted by Gasteiger charge is 2.32. The van der Waals surface area contributed by atoms with Crippen molar-refractivity contribution >= 4 is 33.0 Å². The molecule has 0 N–H and O–H groups in total. The Hall–Kier alpha value is -4.36. The maximum absolute atomic E-state index is 13.7. The summed E-state index contributed by atoms with van der Waals surface area (Å²) in [5, 5.41) is 11.9. The summed E-state index contributed by atoms with van der Waals surface area (Å²) in [4.78, 5) is 17.8. The van der Waals surface area contributed by atoms with Crippen molar-refractivity contribution < 1.29 is 22.5 Å². The summed E-state index contributed by atoms with van der Waals surface area (Å²) in [5.74, 6) is -0.623. The molecule has 0 saturated carbocycles. The second-order valence-electron chi connectivity index (χ2n) is 10.3. The molecular weight excluding hydrogens is 609 g/mol. The van der Waals surface area contributed by atoms with E-state index in [2.05, 4.69) is 4.90 Å². The summed E-state index contributed by atoms with van der Waals surface area (Å²) in [7, 11) is -2.60. The van der Waals surface area contributed by atoms with Gasteiger partial charge < -0.3 is 9.14 Å². The number of ether oxygens (including phenoxy) is 1. The smallest absolute Gasteiger partial charge is 0.269 e. The zero-order valence-corrected chi connectivity index (χ0v) is 25.1. The summed E-state index contributed by atoms with van der Waals surface area (Å²) in [6, 6.07) is 21.1. The number of halogens is 2. The van der Waals surface area contributed by atoms with Crippen molar-refractivity contribution in [3.63, 3.8) is 0 Å². The predicted octanol–water partition coefficient (Wildman–Crippen LogP) is 5.88. The third-order valence-electron chi connectivity index (χ3n) is 7.68. The van der Waals surface area contributed by atoms with Crippen molar-refractivity contribution in [1.29, 1.82) is 0 Å². The number of rotatable bonds is 8. The highest BCUT2D eigenvalue weighted by Crippen LogP contribution is 2.32. The van der Waals surface area contributed by atoms with Crippen molar-refractivity contribution in [2.45, 2.75) is 11.4 Å². The van der Waals surface area contributed by atoms with E-state index >= 15 is 0 Å². The lowest BCUT2D eigenvalue weighted by molar-refractivity contribution is -0.384. The molecule has 1 fully saturated rings. The number of nitrogens with zero attached hydrogens (tertiary/aromatic N) is 5. The predicted molar refractivity (Wildman–Crippen MR) is 165 cm³/mol. The molecule has 0 atom stereocenters. The van der Waals surface area contributed by atoms with Crippen molar-refractivity contribution in [1.82, 2.24) is 18.6 Å². The Balaban J connectivity index is 1.32. The summed E-state index contributed by atoms with van der Waals surface area (Å²) in [5.41, 5.74) is 4.80. The number of imidazole rings is 1. The molecule has 13 heteroatoms. The SMILES string of the molecule is COc1cc(F)ccc1S(=O)(=O)N1CCN(Cc2c(-c3ccc([N+](=O)[O-])cc3)nc3ccc(-c4cccc(Cl)c4)cn23)CC1. The Labute approximate surface area is 258 Å². The molecule has 3 aromatic carbocycles. The average molecular weight is 636 g/mol. The number of sulfonamides is 1. The number of hydrogen-bond acceptors (Lipinski definition) is 7. The van der Waals surface area contributed by atoms with Crippen LogP contribution in [0.3, 0.4) is 0 Å². The molecule has 226 valence electrons.